The number of nitrogens with two attached hydrogens (primary N) is 1. The summed E-state index contributed by atoms with van der Waals surface area (Å²) >= 11 is 0. The van der Waals surface area contributed by atoms with E-state index in [1.807, 2.05) is 55.6 Å². The number of aliphatic imine (C=N–C) groups is 1. The first-order valence-electron chi connectivity index (χ1n) is 8.42. The van der Waals surface area contributed by atoms with Gasteiger partial charge in [-0.3, -0.25) is 9.88 Å². The molecule has 7 heteroatoms. The summed E-state index contributed by atoms with van der Waals surface area (Å²) in [6.07, 6.45) is 0.231. The Hall–Kier alpha value is -3.53. The molecule has 1 aliphatic rings. The number of hydrogen-bond donors (Lipinski definition) is 2. The topological polar surface area (TPSA) is 95.3 Å². The average Bonchev–Trinajstić information content (AvgIpc) is 3.03. The highest BCUT2D eigenvalue weighted by molar-refractivity contribution is 5.94. The normalized spacial score (nSPS) is 15.7. The van der Waals surface area contributed by atoms with Crippen LogP contribution in [0.3, 0.4) is 0 Å². The van der Waals surface area contributed by atoms with Gasteiger partial charge in [0.25, 0.3) is 0 Å². The van der Waals surface area contributed by atoms with Gasteiger partial charge < -0.3 is 10.6 Å². The van der Waals surface area contributed by atoms with Gasteiger partial charge in [-0.2, -0.15) is 5.26 Å². The van der Waals surface area contributed by atoms with Crippen molar-refractivity contribution in [1.29, 1.82) is 5.26 Å². The first-order valence-corrected chi connectivity index (χ1v) is 8.42. The molecule has 26 heavy (non-hydrogen) atoms. The summed E-state index contributed by atoms with van der Waals surface area (Å²) in [7, 11) is 1.98. The molecule has 0 fully saturated rings. The van der Waals surface area contributed by atoms with Gasteiger partial charge in [0.2, 0.25) is 5.95 Å². The lowest BCUT2D eigenvalue weighted by atomic mass is 10.1. The molecule has 3 aromatic rings. The average molecular weight is 345 g/mol. The van der Waals surface area contributed by atoms with Gasteiger partial charge in [-0.05, 0) is 29.8 Å². The third-order valence-corrected chi connectivity index (χ3v) is 4.53. The Labute approximate surface area is 151 Å². The van der Waals surface area contributed by atoms with Gasteiger partial charge in [0, 0.05) is 19.3 Å². The number of nitrogens with one attached hydrogen (secondary N) is 1. The summed E-state index contributed by atoms with van der Waals surface area (Å²) in [6, 6.07) is 18.3. The van der Waals surface area contributed by atoms with Crippen molar-refractivity contribution in [2.24, 2.45) is 10.7 Å². The van der Waals surface area contributed by atoms with E-state index < -0.39 is 0 Å². The summed E-state index contributed by atoms with van der Waals surface area (Å²) in [4.78, 5) is 11.3. The number of fused-ring (bicyclic) bond motifs is 3. The number of benzene rings is 2. The summed E-state index contributed by atoms with van der Waals surface area (Å²) in [6.45, 7) is 0.699. The fraction of sp³-hybridized carbons (Fsp3) is 0.211. The monoisotopic (exact) mass is 345 g/mol. The number of imidazole rings is 1. The third-order valence-electron chi connectivity index (χ3n) is 4.53. The van der Waals surface area contributed by atoms with E-state index in [-0.39, 0.29) is 6.17 Å². The van der Waals surface area contributed by atoms with Gasteiger partial charge in [-0.1, -0.05) is 24.3 Å². The Balaban J connectivity index is 1.72. The van der Waals surface area contributed by atoms with E-state index >= 15 is 0 Å². The highest BCUT2D eigenvalue weighted by Gasteiger charge is 2.24. The molecular formula is C19H19N7. The Morgan fingerprint density at radius 3 is 2.77 bits per heavy atom. The van der Waals surface area contributed by atoms with E-state index in [9.17, 15) is 0 Å². The molecule has 1 aromatic heterocycles. The van der Waals surface area contributed by atoms with Crippen molar-refractivity contribution in [2.75, 3.05) is 23.8 Å². The molecule has 2 heterocycles. The Morgan fingerprint density at radius 1 is 1.23 bits per heavy atom. The Morgan fingerprint density at radius 2 is 2.00 bits per heavy atom. The van der Waals surface area contributed by atoms with Crippen LogP contribution in [0.5, 0.6) is 0 Å². The molecule has 4 rings (SSSR count). The van der Waals surface area contributed by atoms with Crippen LogP contribution in [0.15, 0.2) is 53.5 Å². The van der Waals surface area contributed by atoms with E-state index in [0.717, 1.165) is 22.3 Å². The van der Waals surface area contributed by atoms with Crippen LogP contribution >= 0.6 is 0 Å². The molecular weight excluding hydrogens is 326 g/mol. The van der Waals surface area contributed by atoms with Gasteiger partial charge in [0.15, 0.2) is 12.1 Å². The minimum absolute atomic E-state index is 0.267. The number of hydrogen-bond acceptors (Lipinski definition) is 6. The lowest BCUT2D eigenvalue weighted by molar-refractivity contribution is 0.626. The van der Waals surface area contributed by atoms with Gasteiger partial charge in [-0.15, -0.1) is 0 Å². The minimum atomic E-state index is -0.267. The maximum Gasteiger partial charge on any atom is 0.212 e. The van der Waals surface area contributed by atoms with Crippen molar-refractivity contribution in [3.63, 3.8) is 0 Å². The molecule has 2 aromatic carbocycles. The SMILES string of the molecule is CN(CCC#N)c1ccc(C2N=C(N)Nc3nc4ccccc4n32)cc1. The van der Waals surface area contributed by atoms with Crippen molar-refractivity contribution < 1.29 is 0 Å². The molecule has 0 spiro atoms. The van der Waals surface area contributed by atoms with Crippen molar-refractivity contribution in [3.05, 3.63) is 54.1 Å². The van der Waals surface area contributed by atoms with Crippen molar-refractivity contribution in [3.8, 4) is 6.07 Å². The highest BCUT2D eigenvalue weighted by Crippen LogP contribution is 2.32. The Bertz CT molecular complexity index is 1010. The zero-order chi connectivity index (χ0) is 18.1. The molecule has 3 N–H and O–H groups in total. The van der Waals surface area contributed by atoms with E-state index in [0.29, 0.717) is 24.9 Å². The molecule has 0 saturated carbocycles. The fourth-order valence-corrected chi connectivity index (χ4v) is 3.19. The number of guanidine groups is 1. The van der Waals surface area contributed by atoms with Gasteiger partial charge in [0.05, 0.1) is 23.5 Å². The summed E-state index contributed by atoms with van der Waals surface area (Å²) in [5.41, 5.74) is 9.97. The van der Waals surface area contributed by atoms with Crippen LogP contribution in [-0.4, -0.2) is 29.1 Å². The summed E-state index contributed by atoms with van der Waals surface area (Å²) < 4.78 is 2.06. The lowest BCUT2D eigenvalue weighted by Crippen LogP contribution is -2.31. The first-order chi connectivity index (χ1) is 12.7. The molecule has 0 amide bonds. The highest BCUT2D eigenvalue weighted by atomic mass is 15.4. The Kier molecular flexibility index (Phi) is 3.93. The number of anilines is 2. The lowest BCUT2D eigenvalue weighted by Gasteiger charge is -2.24. The molecule has 130 valence electrons. The van der Waals surface area contributed by atoms with E-state index in [1.165, 1.54) is 0 Å². The van der Waals surface area contributed by atoms with Crippen LogP contribution in [0.4, 0.5) is 11.6 Å². The molecule has 0 aliphatic carbocycles. The zero-order valence-electron chi connectivity index (χ0n) is 14.4. The molecule has 0 radical (unpaired) electrons. The smallest absolute Gasteiger partial charge is 0.212 e. The predicted octanol–water partition coefficient (Wildman–Crippen LogP) is 2.67. The quantitative estimate of drug-likeness (QED) is 0.758. The van der Waals surface area contributed by atoms with E-state index in [1.54, 1.807) is 0 Å². The molecule has 1 aliphatic heterocycles. The van der Waals surface area contributed by atoms with E-state index in [4.69, 9.17) is 11.0 Å². The maximum absolute atomic E-state index is 8.74. The molecule has 0 bridgehead atoms. The number of rotatable bonds is 4. The van der Waals surface area contributed by atoms with Crippen LogP contribution in [0.25, 0.3) is 11.0 Å². The van der Waals surface area contributed by atoms with Gasteiger partial charge in [-0.25, -0.2) is 9.98 Å². The summed E-state index contributed by atoms with van der Waals surface area (Å²) in [5, 5.41) is 11.8. The second kappa shape index (κ2) is 6.41. The van der Waals surface area contributed by atoms with E-state index in [2.05, 4.69) is 30.8 Å². The molecule has 1 atom stereocenters. The van der Waals surface area contributed by atoms with Crippen molar-refractivity contribution in [2.45, 2.75) is 12.6 Å². The second-order valence-electron chi connectivity index (χ2n) is 6.23. The number of nitriles is 1. The van der Waals surface area contributed by atoms with Crippen LogP contribution in [-0.2, 0) is 0 Å². The van der Waals surface area contributed by atoms with Crippen molar-refractivity contribution in [1.82, 2.24) is 9.55 Å². The predicted molar refractivity (Wildman–Crippen MR) is 103 cm³/mol. The van der Waals surface area contributed by atoms with Crippen LogP contribution < -0.4 is 16.0 Å². The first kappa shape index (κ1) is 16.0. The summed E-state index contributed by atoms with van der Waals surface area (Å²) in [5.74, 6) is 1.05. The van der Waals surface area contributed by atoms with Crippen LogP contribution in [0.1, 0.15) is 18.2 Å². The largest absolute Gasteiger partial charge is 0.374 e. The standard InChI is InChI=1S/C19H19N7/c1-25(12-4-11-20)14-9-7-13(8-10-14)17-23-18(21)24-19-22-15-5-2-3-6-16(15)26(17)19/h2-3,5-10,17H,4,12H2,1H3,(H3,21,22,23,24). The second-order valence-corrected chi connectivity index (χ2v) is 6.23. The van der Waals surface area contributed by atoms with Gasteiger partial charge >= 0.3 is 0 Å². The van der Waals surface area contributed by atoms with Crippen LogP contribution in [0.2, 0.25) is 0 Å². The minimum Gasteiger partial charge on any atom is -0.374 e. The molecule has 0 saturated heterocycles. The fourth-order valence-electron chi connectivity index (χ4n) is 3.19. The van der Waals surface area contributed by atoms with Crippen LogP contribution in [0, 0.1) is 11.3 Å². The third kappa shape index (κ3) is 2.71. The molecule has 7 nitrogen and oxygen atoms in total. The zero-order valence-corrected chi connectivity index (χ0v) is 14.4. The van der Waals surface area contributed by atoms with Crippen molar-refractivity contribution >= 4 is 28.6 Å². The number of para-hydroxylation sites is 2. The number of aromatic nitrogens is 2. The maximum atomic E-state index is 8.74. The molecule has 1 unspecified atom stereocenters. The van der Waals surface area contributed by atoms with Gasteiger partial charge in [0.1, 0.15) is 0 Å². The number of nitrogens with zero attached hydrogens (tertiary/aromatic N) is 5.